The predicted molar refractivity (Wildman–Crippen MR) is 112 cm³/mol. The monoisotopic (exact) mass is 406 g/mol. The third kappa shape index (κ3) is 5.42. The number of anilines is 1. The highest BCUT2D eigenvalue weighted by Crippen LogP contribution is 2.18. The van der Waals surface area contributed by atoms with Gasteiger partial charge < -0.3 is 10.6 Å². The highest BCUT2D eigenvalue weighted by atomic mass is 35.5. The van der Waals surface area contributed by atoms with E-state index < -0.39 is 0 Å². The maximum Gasteiger partial charge on any atom is 0.133 e. The number of nitrogens with one attached hydrogen (secondary N) is 2. The Labute approximate surface area is 171 Å². The molecule has 8 heteroatoms. The van der Waals surface area contributed by atoms with E-state index in [1.807, 2.05) is 16.9 Å². The molecule has 27 heavy (non-hydrogen) atoms. The van der Waals surface area contributed by atoms with Gasteiger partial charge in [-0.15, -0.1) is 24.8 Å². The second-order valence-electron chi connectivity index (χ2n) is 6.28. The summed E-state index contributed by atoms with van der Waals surface area (Å²) in [6, 6.07) is 10.4. The number of nitrogens with zero attached hydrogens (tertiary/aromatic N) is 4. The summed E-state index contributed by atoms with van der Waals surface area (Å²) in [7, 11) is 0. The highest BCUT2D eigenvalue weighted by Gasteiger charge is 2.14. The molecule has 0 aliphatic carbocycles. The van der Waals surface area contributed by atoms with Gasteiger partial charge in [-0.05, 0) is 18.5 Å². The van der Waals surface area contributed by atoms with Crippen molar-refractivity contribution in [2.24, 2.45) is 0 Å². The summed E-state index contributed by atoms with van der Waals surface area (Å²) in [5.41, 5.74) is 4.79. The van der Waals surface area contributed by atoms with Crippen LogP contribution in [-0.4, -0.2) is 32.8 Å². The third-order valence-corrected chi connectivity index (χ3v) is 4.46. The Hall–Kier alpha value is -2.15. The fourth-order valence-corrected chi connectivity index (χ4v) is 3.16. The minimum absolute atomic E-state index is 0. The lowest BCUT2D eigenvalue weighted by Gasteiger charge is -2.11. The number of fused-ring (bicyclic) bond motifs is 1. The van der Waals surface area contributed by atoms with Crippen molar-refractivity contribution in [1.29, 1.82) is 0 Å². The van der Waals surface area contributed by atoms with Crippen LogP contribution >= 0.6 is 24.8 Å². The van der Waals surface area contributed by atoms with Crippen molar-refractivity contribution in [2.75, 3.05) is 18.4 Å². The van der Waals surface area contributed by atoms with E-state index in [2.05, 4.69) is 56.2 Å². The van der Waals surface area contributed by atoms with E-state index in [0.717, 1.165) is 49.6 Å². The first kappa shape index (κ1) is 21.2. The van der Waals surface area contributed by atoms with Gasteiger partial charge in [-0.25, -0.2) is 9.97 Å². The van der Waals surface area contributed by atoms with Crippen LogP contribution in [0.15, 0.2) is 49.1 Å². The fraction of sp³-hybridized carbons (Fsp3) is 0.316. The van der Waals surface area contributed by atoms with Crippen LogP contribution in [0.4, 0.5) is 5.82 Å². The van der Waals surface area contributed by atoms with Gasteiger partial charge in [0, 0.05) is 36.8 Å². The summed E-state index contributed by atoms with van der Waals surface area (Å²) >= 11 is 0. The Morgan fingerprint density at radius 2 is 1.81 bits per heavy atom. The van der Waals surface area contributed by atoms with Crippen LogP contribution in [0.3, 0.4) is 0 Å². The van der Waals surface area contributed by atoms with E-state index in [0.29, 0.717) is 6.54 Å². The Balaban J connectivity index is 0.00000131. The quantitative estimate of drug-likeness (QED) is 0.681. The van der Waals surface area contributed by atoms with Crippen molar-refractivity contribution in [3.63, 3.8) is 0 Å². The molecule has 0 amide bonds. The zero-order chi connectivity index (χ0) is 16.9. The van der Waals surface area contributed by atoms with Crippen LogP contribution in [0.5, 0.6) is 0 Å². The summed E-state index contributed by atoms with van der Waals surface area (Å²) in [5, 5.41) is 11.3. The molecule has 0 saturated heterocycles. The first-order chi connectivity index (χ1) is 12.4. The largest absolute Gasteiger partial charge is 0.366 e. The van der Waals surface area contributed by atoms with Crippen LogP contribution in [0.1, 0.15) is 22.4 Å². The molecular formula is C19H24Cl2N6. The standard InChI is InChI=1S/C19H22N6.2ClH/c1-2-4-15(5-3-1)12-25-13-16(11-24-25)10-21-19-17-6-8-20-9-7-18(17)22-14-23-19;;/h1-5,11,13-14,20H,6-10,12H2,(H,21,22,23);2*1H. The number of halogens is 2. The van der Waals surface area contributed by atoms with E-state index in [1.54, 1.807) is 6.33 Å². The molecule has 1 aliphatic rings. The van der Waals surface area contributed by atoms with Crippen molar-refractivity contribution in [3.05, 3.63) is 71.4 Å². The van der Waals surface area contributed by atoms with Crippen LogP contribution in [0.2, 0.25) is 0 Å². The number of aromatic nitrogens is 4. The average molecular weight is 407 g/mol. The van der Waals surface area contributed by atoms with Crippen molar-refractivity contribution in [1.82, 2.24) is 25.1 Å². The molecule has 144 valence electrons. The van der Waals surface area contributed by atoms with Gasteiger partial charge >= 0.3 is 0 Å². The number of rotatable bonds is 5. The molecule has 0 radical (unpaired) electrons. The topological polar surface area (TPSA) is 67.7 Å². The summed E-state index contributed by atoms with van der Waals surface area (Å²) in [6.45, 7) is 3.46. The molecule has 0 fully saturated rings. The molecule has 4 rings (SSSR count). The summed E-state index contributed by atoms with van der Waals surface area (Å²) in [4.78, 5) is 8.88. The minimum atomic E-state index is 0. The van der Waals surface area contributed by atoms with E-state index in [-0.39, 0.29) is 24.8 Å². The van der Waals surface area contributed by atoms with Crippen LogP contribution in [0.25, 0.3) is 0 Å². The molecule has 0 spiro atoms. The molecule has 0 atom stereocenters. The molecule has 2 aromatic heterocycles. The van der Waals surface area contributed by atoms with Crippen LogP contribution in [-0.2, 0) is 25.9 Å². The van der Waals surface area contributed by atoms with Crippen molar-refractivity contribution < 1.29 is 0 Å². The number of hydrogen-bond donors (Lipinski definition) is 2. The van der Waals surface area contributed by atoms with Gasteiger partial charge in [0.05, 0.1) is 18.4 Å². The lowest BCUT2D eigenvalue weighted by molar-refractivity contribution is 0.686. The Morgan fingerprint density at radius 3 is 2.67 bits per heavy atom. The highest BCUT2D eigenvalue weighted by molar-refractivity contribution is 5.85. The van der Waals surface area contributed by atoms with E-state index in [9.17, 15) is 0 Å². The minimum Gasteiger partial charge on any atom is -0.366 e. The lowest BCUT2D eigenvalue weighted by atomic mass is 10.1. The predicted octanol–water partition coefficient (Wildman–Crippen LogP) is 2.87. The van der Waals surface area contributed by atoms with Gasteiger partial charge in [0.2, 0.25) is 0 Å². The maximum atomic E-state index is 4.46. The van der Waals surface area contributed by atoms with Gasteiger partial charge in [-0.1, -0.05) is 30.3 Å². The van der Waals surface area contributed by atoms with Crippen molar-refractivity contribution >= 4 is 30.6 Å². The number of hydrogen-bond acceptors (Lipinski definition) is 5. The van der Waals surface area contributed by atoms with Gasteiger partial charge in [0.15, 0.2) is 0 Å². The SMILES string of the molecule is Cl.Cl.c1ccc(Cn2cc(CNc3ncnc4c3CCNCC4)cn2)cc1. The van der Waals surface area contributed by atoms with Gasteiger partial charge in [-0.3, -0.25) is 4.68 Å². The average Bonchev–Trinajstić information content (AvgIpc) is 2.94. The summed E-state index contributed by atoms with van der Waals surface area (Å²) in [6.07, 6.45) is 7.58. The van der Waals surface area contributed by atoms with Crippen LogP contribution < -0.4 is 10.6 Å². The molecule has 0 saturated carbocycles. The zero-order valence-electron chi connectivity index (χ0n) is 15.0. The maximum absolute atomic E-state index is 4.46. The molecular weight excluding hydrogens is 383 g/mol. The van der Waals surface area contributed by atoms with Crippen molar-refractivity contribution in [2.45, 2.75) is 25.9 Å². The second-order valence-corrected chi connectivity index (χ2v) is 6.28. The zero-order valence-corrected chi connectivity index (χ0v) is 16.6. The summed E-state index contributed by atoms with van der Waals surface area (Å²) < 4.78 is 1.97. The van der Waals surface area contributed by atoms with Gasteiger partial charge in [0.25, 0.3) is 0 Å². The Kier molecular flexibility index (Phi) is 8.03. The second kappa shape index (κ2) is 10.3. The molecule has 3 aromatic rings. The smallest absolute Gasteiger partial charge is 0.133 e. The molecule has 1 aromatic carbocycles. The molecule has 0 bridgehead atoms. The molecule has 0 unspecified atom stereocenters. The van der Waals surface area contributed by atoms with Gasteiger partial charge in [0.1, 0.15) is 12.1 Å². The van der Waals surface area contributed by atoms with Crippen LogP contribution in [0, 0.1) is 0 Å². The Bertz CT molecular complexity index is 837. The molecule has 2 N–H and O–H groups in total. The normalized spacial score (nSPS) is 12.9. The fourth-order valence-electron chi connectivity index (χ4n) is 3.16. The van der Waals surface area contributed by atoms with E-state index in [1.165, 1.54) is 11.1 Å². The van der Waals surface area contributed by atoms with E-state index in [4.69, 9.17) is 0 Å². The van der Waals surface area contributed by atoms with Gasteiger partial charge in [-0.2, -0.15) is 5.10 Å². The third-order valence-electron chi connectivity index (χ3n) is 4.46. The molecule has 6 nitrogen and oxygen atoms in total. The lowest BCUT2D eigenvalue weighted by Crippen LogP contribution is -2.16. The molecule has 3 heterocycles. The van der Waals surface area contributed by atoms with Crippen molar-refractivity contribution in [3.8, 4) is 0 Å². The number of benzene rings is 1. The summed E-state index contributed by atoms with van der Waals surface area (Å²) in [5.74, 6) is 0.949. The first-order valence-electron chi connectivity index (χ1n) is 8.71. The van der Waals surface area contributed by atoms with E-state index >= 15 is 0 Å². The first-order valence-corrected chi connectivity index (χ1v) is 8.71. The molecule has 1 aliphatic heterocycles. The Morgan fingerprint density at radius 1 is 1.00 bits per heavy atom.